The normalized spacial score (nSPS) is 15.3. The summed E-state index contributed by atoms with van der Waals surface area (Å²) >= 11 is 0. The molecule has 1 N–H and O–H groups in total. The van der Waals surface area contributed by atoms with Crippen molar-refractivity contribution < 1.29 is 14.6 Å². The van der Waals surface area contributed by atoms with Gasteiger partial charge in [-0.1, -0.05) is 66.2 Å². The molecule has 0 saturated carbocycles. The Morgan fingerprint density at radius 1 is 0.939 bits per heavy atom. The van der Waals surface area contributed by atoms with Crippen molar-refractivity contribution in [3.63, 3.8) is 0 Å². The predicted molar refractivity (Wildman–Crippen MR) is 131 cm³/mol. The molecule has 1 aliphatic heterocycles. The molecule has 5 heteroatoms. The van der Waals surface area contributed by atoms with Crippen LogP contribution in [0, 0.1) is 0 Å². The van der Waals surface area contributed by atoms with E-state index in [0.717, 1.165) is 37.4 Å². The highest BCUT2D eigenvalue weighted by Crippen LogP contribution is 2.32. The molecule has 2 heterocycles. The zero-order valence-electron chi connectivity index (χ0n) is 19.2. The summed E-state index contributed by atoms with van der Waals surface area (Å²) in [5.74, 6) is 0.722. The van der Waals surface area contributed by atoms with Crippen LogP contribution in [0.25, 0.3) is 5.57 Å². The van der Waals surface area contributed by atoms with Crippen molar-refractivity contribution in [3.8, 4) is 5.75 Å². The van der Waals surface area contributed by atoms with Crippen LogP contribution in [0.2, 0.25) is 0 Å². The van der Waals surface area contributed by atoms with Gasteiger partial charge in [-0.05, 0) is 41.7 Å². The summed E-state index contributed by atoms with van der Waals surface area (Å²) < 4.78 is 10.8. The number of ether oxygens (including phenoxy) is 2. The SMILES string of the molecule is COc1ccc(COCC(O)CN2CCC(=C(c3ccccc3)c3ccccc3)CC2)nc1. The molecule has 3 aromatic rings. The molecule has 5 nitrogen and oxygen atoms in total. The maximum atomic E-state index is 10.5. The number of methoxy groups -OCH3 is 1. The first-order chi connectivity index (χ1) is 16.2. The minimum atomic E-state index is -0.517. The lowest BCUT2D eigenvalue weighted by molar-refractivity contribution is 0.00785. The number of nitrogens with zero attached hydrogens (tertiary/aromatic N) is 2. The highest BCUT2D eigenvalue weighted by Gasteiger charge is 2.20. The van der Waals surface area contributed by atoms with E-state index < -0.39 is 6.10 Å². The number of rotatable bonds is 9. The van der Waals surface area contributed by atoms with Gasteiger partial charge in [0.2, 0.25) is 0 Å². The Morgan fingerprint density at radius 3 is 2.12 bits per heavy atom. The van der Waals surface area contributed by atoms with E-state index in [9.17, 15) is 5.11 Å². The molecule has 1 saturated heterocycles. The summed E-state index contributed by atoms with van der Waals surface area (Å²) in [4.78, 5) is 6.62. The van der Waals surface area contributed by atoms with Crippen LogP contribution in [-0.2, 0) is 11.3 Å². The lowest BCUT2D eigenvalue weighted by atomic mass is 9.88. The van der Waals surface area contributed by atoms with Crippen LogP contribution in [0.4, 0.5) is 0 Å². The van der Waals surface area contributed by atoms with Gasteiger partial charge in [-0.3, -0.25) is 4.98 Å². The van der Waals surface area contributed by atoms with Gasteiger partial charge in [0.1, 0.15) is 5.75 Å². The van der Waals surface area contributed by atoms with Gasteiger partial charge >= 0.3 is 0 Å². The Balaban J connectivity index is 1.31. The fraction of sp³-hybridized carbons (Fsp3) is 0.321. The minimum absolute atomic E-state index is 0.298. The van der Waals surface area contributed by atoms with Gasteiger partial charge in [0.15, 0.2) is 0 Å². The number of β-amino-alcohol motifs (C(OH)–C–C–N with tert-alkyl or cyclic N) is 1. The van der Waals surface area contributed by atoms with Crippen molar-refractivity contribution in [2.24, 2.45) is 0 Å². The van der Waals surface area contributed by atoms with Crippen molar-refractivity contribution in [1.29, 1.82) is 0 Å². The van der Waals surface area contributed by atoms with Gasteiger partial charge in [0.05, 0.1) is 38.3 Å². The van der Waals surface area contributed by atoms with Crippen LogP contribution < -0.4 is 4.74 Å². The van der Waals surface area contributed by atoms with Crippen LogP contribution in [0.15, 0.2) is 84.6 Å². The molecule has 4 rings (SSSR count). The molecule has 0 spiro atoms. The standard InChI is InChI=1S/C28H32N2O3/c1-32-27-13-12-25(29-18-27)20-33-21-26(31)19-30-16-14-24(15-17-30)28(22-8-4-2-5-9-22)23-10-6-3-7-11-23/h2-13,18,26,31H,14-17,19-21H2,1H3. The number of piperidine rings is 1. The summed E-state index contributed by atoms with van der Waals surface area (Å²) in [5, 5.41) is 10.5. The summed E-state index contributed by atoms with van der Waals surface area (Å²) in [5.41, 5.74) is 6.21. The van der Waals surface area contributed by atoms with Crippen molar-refractivity contribution >= 4 is 5.57 Å². The van der Waals surface area contributed by atoms with Crippen molar-refractivity contribution in [3.05, 3.63) is 101 Å². The smallest absolute Gasteiger partial charge is 0.137 e. The Morgan fingerprint density at radius 2 is 1.58 bits per heavy atom. The molecule has 1 aromatic heterocycles. The fourth-order valence-corrected chi connectivity index (χ4v) is 4.31. The van der Waals surface area contributed by atoms with Gasteiger partial charge in [-0.25, -0.2) is 0 Å². The van der Waals surface area contributed by atoms with E-state index >= 15 is 0 Å². The van der Waals surface area contributed by atoms with E-state index in [4.69, 9.17) is 9.47 Å². The molecule has 0 radical (unpaired) electrons. The number of likely N-dealkylation sites (tertiary alicyclic amines) is 1. The molecule has 0 aliphatic carbocycles. The van der Waals surface area contributed by atoms with Gasteiger partial charge in [0.25, 0.3) is 0 Å². The number of hydrogen-bond donors (Lipinski definition) is 1. The molecule has 1 aliphatic rings. The third kappa shape index (κ3) is 6.51. The van der Waals surface area contributed by atoms with Crippen LogP contribution in [0.3, 0.4) is 0 Å². The minimum Gasteiger partial charge on any atom is -0.495 e. The number of pyridine rings is 1. The Kier molecular flexibility index (Phi) is 8.25. The second kappa shape index (κ2) is 11.8. The van der Waals surface area contributed by atoms with E-state index in [1.54, 1.807) is 13.3 Å². The largest absolute Gasteiger partial charge is 0.495 e. The summed E-state index contributed by atoms with van der Waals surface area (Å²) in [6.07, 6.45) is 3.16. The van der Waals surface area contributed by atoms with Crippen molar-refractivity contribution in [2.45, 2.75) is 25.6 Å². The van der Waals surface area contributed by atoms with Crippen LogP contribution >= 0.6 is 0 Å². The molecule has 1 fully saturated rings. The second-order valence-corrected chi connectivity index (χ2v) is 8.37. The molecule has 172 valence electrons. The topological polar surface area (TPSA) is 54.8 Å². The number of hydrogen-bond acceptors (Lipinski definition) is 5. The number of aromatic nitrogens is 1. The third-order valence-corrected chi connectivity index (χ3v) is 6.00. The lowest BCUT2D eigenvalue weighted by Gasteiger charge is -2.31. The monoisotopic (exact) mass is 444 g/mol. The summed E-state index contributed by atoms with van der Waals surface area (Å²) in [7, 11) is 1.62. The first kappa shape index (κ1) is 23.2. The Hall–Kier alpha value is -2.99. The van der Waals surface area contributed by atoms with Crippen LogP contribution in [-0.4, -0.2) is 54.4 Å². The Bertz CT molecular complexity index is 969. The van der Waals surface area contributed by atoms with Gasteiger partial charge in [-0.15, -0.1) is 0 Å². The number of aliphatic hydroxyl groups excluding tert-OH is 1. The van der Waals surface area contributed by atoms with Crippen molar-refractivity contribution in [2.75, 3.05) is 33.4 Å². The maximum absolute atomic E-state index is 10.5. The zero-order chi connectivity index (χ0) is 22.9. The van der Waals surface area contributed by atoms with Crippen LogP contribution in [0.5, 0.6) is 5.75 Å². The first-order valence-electron chi connectivity index (χ1n) is 11.5. The second-order valence-electron chi connectivity index (χ2n) is 8.37. The predicted octanol–water partition coefficient (Wildman–Crippen LogP) is 4.57. The van der Waals surface area contributed by atoms with Gasteiger partial charge in [0, 0.05) is 19.6 Å². The van der Waals surface area contributed by atoms with E-state index in [-0.39, 0.29) is 0 Å². The molecule has 2 aromatic carbocycles. The molecule has 1 atom stereocenters. The molecule has 0 amide bonds. The first-order valence-corrected chi connectivity index (χ1v) is 11.5. The van der Waals surface area contributed by atoms with Gasteiger partial charge < -0.3 is 19.5 Å². The highest BCUT2D eigenvalue weighted by atomic mass is 16.5. The highest BCUT2D eigenvalue weighted by molar-refractivity contribution is 5.82. The summed E-state index contributed by atoms with van der Waals surface area (Å²) in [6.45, 7) is 3.18. The van der Waals surface area contributed by atoms with E-state index in [1.807, 2.05) is 12.1 Å². The molecular weight excluding hydrogens is 412 g/mol. The molecule has 1 unspecified atom stereocenters. The zero-order valence-corrected chi connectivity index (χ0v) is 19.2. The van der Waals surface area contributed by atoms with Crippen molar-refractivity contribution in [1.82, 2.24) is 9.88 Å². The molecular formula is C28H32N2O3. The number of aliphatic hydroxyl groups is 1. The maximum Gasteiger partial charge on any atom is 0.137 e. The lowest BCUT2D eigenvalue weighted by Crippen LogP contribution is -2.38. The van der Waals surface area contributed by atoms with Gasteiger partial charge in [-0.2, -0.15) is 0 Å². The molecule has 0 bridgehead atoms. The van der Waals surface area contributed by atoms with E-state index in [1.165, 1.54) is 22.3 Å². The Labute approximate surface area is 196 Å². The number of benzene rings is 2. The molecule has 33 heavy (non-hydrogen) atoms. The van der Waals surface area contributed by atoms with E-state index in [0.29, 0.717) is 19.8 Å². The average molecular weight is 445 g/mol. The summed E-state index contributed by atoms with van der Waals surface area (Å²) in [6, 6.07) is 25.1. The van der Waals surface area contributed by atoms with Crippen LogP contribution in [0.1, 0.15) is 29.7 Å². The fourth-order valence-electron chi connectivity index (χ4n) is 4.31. The average Bonchev–Trinajstić information content (AvgIpc) is 2.87. The third-order valence-electron chi connectivity index (χ3n) is 6.00. The van der Waals surface area contributed by atoms with E-state index in [2.05, 4.69) is 70.5 Å². The quantitative estimate of drug-likeness (QED) is 0.524.